The van der Waals surface area contributed by atoms with Crippen molar-refractivity contribution < 1.29 is 19.8 Å². The van der Waals surface area contributed by atoms with Gasteiger partial charge in [0.05, 0.1) is 11.8 Å². The van der Waals surface area contributed by atoms with Crippen molar-refractivity contribution in [3.8, 4) is 0 Å². The summed E-state index contributed by atoms with van der Waals surface area (Å²) in [6.07, 6.45) is 1.03. The van der Waals surface area contributed by atoms with Gasteiger partial charge >= 0.3 is 11.9 Å². The van der Waals surface area contributed by atoms with Gasteiger partial charge in [0.1, 0.15) is 0 Å². The Hall–Kier alpha value is -1.84. The zero-order valence-corrected chi connectivity index (χ0v) is 12.3. The van der Waals surface area contributed by atoms with E-state index in [1.165, 1.54) is 5.56 Å². The second-order valence-electron chi connectivity index (χ2n) is 5.69. The fourth-order valence-electron chi connectivity index (χ4n) is 3.39. The van der Waals surface area contributed by atoms with Crippen LogP contribution >= 0.6 is 0 Å². The van der Waals surface area contributed by atoms with Crippen LogP contribution in [0.25, 0.3) is 0 Å². The number of rotatable bonds is 2. The molecule has 0 spiro atoms. The monoisotopic (exact) mass is 276 g/mol. The molecule has 1 aromatic carbocycles. The Morgan fingerprint density at radius 1 is 0.900 bits per heavy atom. The predicted octanol–water partition coefficient (Wildman–Crippen LogP) is 2.74. The van der Waals surface area contributed by atoms with Gasteiger partial charge in [0.2, 0.25) is 0 Å². The first-order chi connectivity index (χ1) is 9.27. The van der Waals surface area contributed by atoms with E-state index in [0.717, 1.165) is 27.8 Å². The molecule has 2 unspecified atom stereocenters. The minimum Gasteiger partial charge on any atom is -0.481 e. The minimum atomic E-state index is -1.04. The molecule has 0 heterocycles. The molecule has 0 bridgehead atoms. The molecule has 1 aromatic rings. The predicted molar refractivity (Wildman–Crippen MR) is 75.2 cm³/mol. The zero-order chi connectivity index (χ0) is 15.2. The lowest BCUT2D eigenvalue weighted by Gasteiger charge is -2.32. The van der Waals surface area contributed by atoms with Gasteiger partial charge < -0.3 is 10.2 Å². The average Bonchev–Trinajstić information content (AvgIpc) is 2.40. The van der Waals surface area contributed by atoms with E-state index < -0.39 is 23.8 Å². The van der Waals surface area contributed by atoms with Crippen LogP contribution in [0, 0.1) is 33.6 Å². The van der Waals surface area contributed by atoms with Crippen molar-refractivity contribution in [3.05, 3.63) is 33.4 Å². The third-order valence-corrected chi connectivity index (χ3v) is 4.87. The molecule has 0 aromatic heterocycles. The third-order valence-electron chi connectivity index (χ3n) is 4.87. The van der Waals surface area contributed by atoms with E-state index >= 15 is 0 Å². The molecule has 0 saturated heterocycles. The van der Waals surface area contributed by atoms with E-state index in [9.17, 15) is 19.8 Å². The molecule has 2 rings (SSSR count). The standard InChI is InChI=1S/C16H20O4/c1-7-8(2)10(4)13-11(9(7)3)5-6-12(15(17)18)14(13)16(19)20/h12,14H,5-6H2,1-4H3,(H,17,18)(H,19,20). The lowest BCUT2D eigenvalue weighted by Crippen LogP contribution is -2.34. The Bertz CT molecular complexity index is 601. The van der Waals surface area contributed by atoms with E-state index in [0.29, 0.717) is 12.8 Å². The number of carbonyl (C=O) groups is 2. The Morgan fingerprint density at radius 3 is 1.95 bits per heavy atom. The van der Waals surface area contributed by atoms with Crippen LogP contribution in [0.2, 0.25) is 0 Å². The maximum Gasteiger partial charge on any atom is 0.311 e. The number of hydrogen-bond acceptors (Lipinski definition) is 2. The van der Waals surface area contributed by atoms with Crippen LogP contribution in [0.5, 0.6) is 0 Å². The molecule has 0 fully saturated rings. The summed E-state index contributed by atoms with van der Waals surface area (Å²) in [4.78, 5) is 23.0. The van der Waals surface area contributed by atoms with Crippen LogP contribution in [0.3, 0.4) is 0 Å². The largest absolute Gasteiger partial charge is 0.481 e. The number of carboxylic acids is 2. The summed E-state index contributed by atoms with van der Waals surface area (Å²) in [5, 5.41) is 18.8. The number of hydrogen-bond donors (Lipinski definition) is 2. The molecule has 4 nitrogen and oxygen atoms in total. The third kappa shape index (κ3) is 1.99. The van der Waals surface area contributed by atoms with Crippen molar-refractivity contribution in [1.82, 2.24) is 0 Å². The molecule has 2 atom stereocenters. The van der Waals surface area contributed by atoms with E-state index in [1.54, 1.807) is 0 Å². The summed E-state index contributed by atoms with van der Waals surface area (Å²) in [6.45, 7) is 7.92. The van der Waals surface area contributed by atoms with Gasteiger partial charge in [-0.3, -0.25) is 9.59 Å². The van der Waals surface area contributed by atoms with Crippen LogP contribution in [0.4, 0.5) is 0 Å². The highest BCUT2D eigenvalue weighted by atomic mass is 16.4. The van der Waals surface area contributed by atoms with Gasteiger partial charge in [0.15, 0.2) is 0 Å². The van der Waals surface area contributed by atoms with Gasteiger partial charge in [-0.1, -0.05) is 0 Å². The smallest absolute Gasteiger partial charge is 0.311 e. The van der Waals surface area contributed by atoms with Gasteiger partial charge in [-0.05, 0) is 73.9 Å². The molecule has 20 heavy (non-hydrogen) atoms. The fourth-order valence-corrected chi connectivity index (χ4v) is 3.39. The summed E-state index contributed by atoms with van der Waals surface area (Å²) >= 11 is 0. The summed E-state index contributed by atoms with van der Waals surface area (Å²) in [5.41, 5.74) is 6.06. The van der Waals surface area contributed by atoms with Gasteiger partial charge in [-0.2, -0.15) is 0 Å². The van der Waals surface area contributed by atoms with Crippen LogP contribution in [0.15, 0.2) is 0 Å². The Kier molecular flexibility index (Phi) is 3.59. The first-order valence-corrected chi connectivity index (χ1v) is 6.82. The molecule has 1 aliphatic carbocycles. The van der Waals surface area contributed by atoms with Crippen molar-refractivity contribution in [2.24, 2.45) is 5.92 Å². The Balaban J connectivity index is 2.75. The van der Waals surface area contributed by atoms with E-state index in [4.69, 9.17) is 0 Å². The van der Waals surface area contributed by atoms with Crippen molar-refractivity contribution in [3.63, 3.8) is 0 Å². The highest BCUT2D eigenvalue weighted by molar-refractivity contribution is 5.86. The van der Waals surface area contributed by atoms with Crippen molar-refractivity contribution in [1.29, 1.82) is 0 Å². The highest BCUT2D eigenvalue weighted by Crippen LogP contribution is 2.42. The van der Waals surface area contributed by atoms with E-state index in [1.807, 2.05) is 27.7 Å². The summed E-state index contributed by atoms with van der Waals surface area (Å²) in [7, 11) is 0. The Labute approximate surface area is 118 Å². The van der Waals surface area contributed by atoms with Crippen LogP contribution in [-0.2, 0) is 16.0 Å². The normalized spacial score (nSPS) is 21.4. The topological polar surface area (TPSA) is 74.6 Å². The van der Waals surface area contributed by atoms with Gasteiger partial charge in [-0.25, -0.2) is 0 Å². The highest BCUT2D eigenvalue weighted by Gasteiger charge is 2.41. The molecule has 108 valence electrons. The number of fused-ring (bicyclic) bond motifs is 1. The maximum atomic E-state index is 11.6. The molecular weight excluding hydrogens is 256 g/mol. The second-order valence-corrected chi connectivity index (χ2v) is 5.69. The van der Waals surface area contributed by atoms with Crippen LogP contribution < -0.4 is 0 Å². The number of carboxylic acid groups (broad SMARTS) is 2. The lowest BCUT2D eigenvalue weighted by atomic mass is 9.70. The first-order valence-electron chi connectivity index (χ1n) is 6.82. The van der Waals surface area contributed by atoms with Gasteiger partial charge in [-0.15, -0.1) is 0 Å². The van der Waals surface area contributed by atoms with Gasteiger partial charge in [0, 0.05) is 0 Å². The second kappa shape index (κ2) is 4.93. The van der Waals surface area contributed by atoms with Crippen LogP contribution in [-0.4, -0.2) is 22.2 Å². The van der Waals surface area contributed by atoms with Crippen LogP contribution in [0.1, 0.15) is 45.7 Å². The quantitative estimate of drug-likeness (QED) is 0.871. The van der Waals surface area contributed by atoms with Crippen molar-refractivity contribution >= 4 is 11.9 Å². The molecule has 1 aliphatic rings. The van der Waals surface area contributed by atoms with E-state index in [-0.39, 0.29) is 0 Å². The molecule has 2 N–H and O–H groups in total. The maximum absolute atomic E-state index is 11.6. The summed E-state index contributed by atoms with van der Waals surface area (Å²) in [6, 6.07) is 0. The first kappa shape index (κ1) is 14.6. The molecule has 0 radical (unpaired) electrons. The minimum absolute atomic E-state index is 0.391. The SMILES string of the molecule is Cc1c(C)c(C)c2c(c1C)CCC(C(=O)O)C2C(=O)O. The summed E-state index contributed by atoms with van der Waals surface area (Å²) in [5.74, 6) is -3.82. The molecule has 4 heteroatoms. The molecular formula is C16H20O4. The average molecular weight is 276 g/mol. The zero-order valence-electron chi connectivity index (χ0n) is 12.3. The number of aliphatic carboxylic acids is 2. The van der Waals surface area contributed by atoms with Crippen molar-refractivity contribution in [2.45, 2.75) is 46.5 Å². The molecule has 0 amide bonds. The molecule has 0 saturated carbocycles. The summed E-state index contributed by atoms with van der Waals surface area (Å²) < 4.78 is 0. The van der Waals surface area contributed by atoms with E-state index in [2.05, 4.69) is 0 Å². The lowest BCUT2D eigenvalue weighted by molar-refractivity contribution is -0.150. The van der Waals surface area contributed by atoms with Gasteiger partial charge in [0.25, 0.3) is 0 Å². The fraction of sp³-hybridized carbons (Fsp3) is 0.500. The van der Waals surface area contributed by atoms with Crippen molar-refractivity contribution in [2.75, 3.05) is 0 Å². The molecule has 0 aliphatic heterocycles. The Morgan fingerprint density at radius 2 is 1.45 bits per heavy atom. The number of benzene rings is 1.